The van der Waals surface area contributed by atoms with Gasteiger partial charge in [-0.1, -0.05) is 0 Å². The molecule has 2 aliphatic rings. The van der Waals surface area contributed by atoms with Gasteiger partial charge in [-0.2, -0.15) is 0 Å². The van der Waals surface area contributed by atoms with E-state index in [0.29, 0.717) is 43.7 Å². The fourth-order valence-corrected chi connectivity index (χ4v) is 4.31. The van der Waals surface area contributed by atoms with Gasteiger partial charge in [0.1, 0.15) is 17.1 Å². The van der Waals surface area contributed by atoms with Crippen molar-refractivity contribution in [3.8, 4) is 5.75 Å². The van der Waals surface area contributed by atoms with E-state index in [2.05, 4.69) is 10.2 Å². The van der Waals surface area contributed by atoms with Crippen molar-refractivity contribution in [2.24, 2.45) is 0 Å². The number of rotatable bonds is 5. The largest absolute Gasteiger partial charge is 0.506 e. The summed E-state index contributed by atoms with van der Waals surface area (Å²) in [5.41, 5.74) is 0.370. The van der Waals surface area contributed by atoms with Crippen LogP contribution in [0.1, 0.15) is 41.7 Å². The van der Waals surface area contributed by atoms with E-state index < -0.39 is 23.0 Å². The first-order valence-corrected chi connectivity index (χ1v) is 10.1. The maximum Gasteiger partial charge on any atom is 0.267 e. The lowest BCUT2D eigenvalue weighted by atomic mass is 9.95. The van der Waals surface area contributed by atoms with Crippen molar-refractivity contribution in [2.75, 3.05) is 39.4 Å². The van der Waals surface area contributed by atoms with Gasteiger partial charge in [0.15, 0.2) is 0 Å². The molecule has 0 saturated carbocycles. The number of amides is 1. The van der Waals surface area contributed by atoms with E-state index in [9.17, 15) is 19.1 Å². The number of aromatic nitrogens is 1. The highest BCUT2D eigenvalue weighted by atomic mass is 35.5. The summed E-state index contributed by atoms with van der Waals surface area (Å²) in [6.45, 7) is 6.28. The minimum absolute atomic E-state index is 0. The van der Waals surface area contributed by atoms with Crippen LogP contribution in [0.15, 0.2) is 16.9 Å². The molecule has 1 atom stereocenters. The van der Waals surface area contributed by atoms with Gasteiger partial charge >= 0.3 is 0 Å². The molecule has 30 heavy (non-hydrogen) atoms. The van der Waals surface area contributed by atoms with Gasteiger partial charge < -0.3 is 19.7 Å². The zero-order valence-corrected chi connectivity index (χ0v) is 17.8. The van der Waals surface area contributed by atoms with Gasteiger partial charge in [-0.3, -0.25) is 14.5 Å². The summed E-state index contributed by atoms with van der Waals surface area (Å²) in [5.74, 6) is -1.55. The second-order valence-corrected chi connectivity index (χ2v) is 7.81. The third kappa shape index (κ3) is 4.17. The summed E-state index contributed by atoms with van der Waals surface area (Å²) in [6, 6.07) is 2.46. The van der Waals surface area contributed by atoms with Crippen molar-refractivity contribution >= 4 is 29.2 Å². The molecule has 2 aromatic rings. The lowest BCUT2D eigenvalue weighted by Crippen LogP contribution is -2.39. The molecule has 1 fully saturated rings. The van der Waals surface area contributed by atoms with E-state index in [4.69, 9.17) is 4.74 Å². The lowest BCUT2D eigenvalue weighted by Gasteiger charge is -2.27. The Kier molecular flexibility index (Phi) is 7.00. The third-order valence-corrected chi connectivity index (χ3v) is 5.86. The Labute approximate surface area is 180 Å². The number of pyridine rings is 1. The molecule has 0 bridgehead atoms. The van der Waals surface area contributed by atoms with Gasteiger partial charge in [-0.15, -0.1) is 12.4 Å². The number of halogens is 2. The Morgan fingerprint density at radius 3 is 2.80 bits per heavy atom. The number of hydrogen-bond acceptors (Lipinski definition) is 5. The fraction of sp³-hybridized carbons (Fsp3) is 0.524. The van der Waals surface area contributed by atoms with Crippen LogP contribution < -0.4 is 10.9 Å². The van der Waals surface area contributed by atoms with Gasteiger partial charge in [0.25, 0.3) is 11.5 Å². The predicted molar refractivity (Wildman–Crippen MR) is 114 cm³/mol. The number of carbonyl (C=O) groups is 1. The van der Waals surface area contributed by atoms with Crippen LogP contribution in [0.4, 0.5) is 4.39 Å². The fourth-order valence-electron chi connectivity index (χ4n) is 4.31. The first-order valence-electron chi connectivity index (χ1n) is 10.1. The molecule has 1 unspecified atom stereocenters. The molecule has 0 radical (unpaired) electrons. The Morgan fingerprint density at radius 2 is 2.07 bits per heavy atom. The summed E-state index contributed by atoms with van der Waals surface area (Å²) >= 11 is 0. The van der Waals surface area contributed by atoms with E-state index in [1.54, 1.807) is 0 Å². The molecule has 9 heteroatoms. The second-order valence-electron chi connectivity index (χ2n) is 7.81. The van der Waals surface area contributed by atoms with Gasteiger partial charge in [0, 0.05) is 31.1 Å². The Bertz CT molecular complexity index is 1000. The van der Waals surface area contributed by atoms with E-state index in [0.717, 1.165) is 26.1 Å². The maximum absolute atomic E-state index is 14.1. The highest BCUT2D eigenvalue weighted by molar-refractivity contribution is 6.03. The third-order valence-electron chi connectivity index (χ3n) is 5.86. The lowest BCUT2D eigenvalue weighted by molar-refractivity contribution is 0.0374. The number of carbonyl (C=O) groups excluding carboxylic acids is 1. The number of ether oxygens (including phenoxy) is 1. The standard InChI is InChI=1S/C21H26FN3O4.ClH/c1-13-3-4-14-11-15(22)12-16-18(14)25(13)21(28)17(19(16)26)20(27)23-5-2-6-24-7-9-29-10-8-24;/h11-13,26H,2-10H2,1H3,(H,23,27);1H. The molecule has 1 saturated heterocycles. The Balaban J connectivity index is 0.00000256. The predicted octanol–water partition coefficient (Wildman–Crippen LogP) is 2.23. The average Bonchev–Trinajstić information content (AvgIpc) is 2.71. The van der Waals surface area contributed by atoms with Crippen molar-refractivity contribution < 1.29 is 19.0 Å². The monoisotopic (exact) mass is 439 g/mol. The van der Waals surface area contributed by atoms with Crippen LogP contribution in [-0.4, -0.2) is 59.9 Å². The molecule has 2 N–H and O–H groups in total. The molecule has 7 nitrogen and oxygen atoms in total. The molecule has 4 rings (SSSR count). The highest BCUT2D eigenvalue weighted by Crippen LogP contribution is 2.35. The highest BCUT2D eigenvalue weighted by Gasteiger charge is 2.28. The number of aryl methyl sites for hydroxylation is 1. The van der Waals surface area contributed by atoms with Crippen LogP contribution in [-0.2, 0) is 11.2 Å². The first-order chi connectivity index (χ1) is 14.0. The summed E-state index contributed by atoms with van der Waals surface area (Å²) in [6.07, 6.45) is 2.03. The van der Waals surface area contributed by atoms with E-state index in [1.165, 1.54) is 16.7 Å². The molecule has 3 heterocycles. The molecule has 1 amide bonds. The minimum atomic E-state index is -0.622. The van der Waals surface area contributed by atoms with Gasteiger partial charge in [0.05, 0.1) is 18.7 Å². The molecule has 1 aromatic carbocycles. The second kappa shape index (κ2) is 9.32. The van der Waals surface area contributed by atoms with Crippen molar-refractivity contribution in [3.05, 3.63) is 39.4 Å². The number of benzene rings is 1. The van der Waals surface area contributed by atoms with Crippen molar-refractivity contribution in [3.63, 3.8) is 0 Å². The molecule has 0 aliphatic carbocycles. The molecule has 164 valence electrons. The van der Waals surface area contributed by atoms with Gasteiger partial charge in [0.2, 0.25) is 0 Å². The molecule has 2 aliphatic heterocycles. The van der Waals surface area contributed by atoms with Crippen LogP contribution >= 0.6 is 12.4 Å². The average molecular weight is 440 g/mol. The van der Waals surface area contributed by atoms with Gasteiger partial charge in [-0.25, -0.2) is 4.39 Å². The summed E-state index contributed by atoms with van der Waals surface area (Å²) in [5, 5.41) is 13.6. The summed E-state index contributed by atoms with van der Waals surface area (Å²) < 4.78 is 20.9. The normalized spacial score (nSPS) is 18.8. The van der Waals surface area contributed by atoms with Crippen LogP contribution in [0.2, 0.25) is 0 Å². The van der Waals surface area contributed by atoms with Crippen LogP contribution in [0, 0.1) is 5.82 Å². The number of nitrogens with one attached hydrogen (secondary N) is 1. The maximum atomic E-state index is 14.1. The van der Waals surface area contributed by atoms with Crippen molar-refractivity contribution in [1.82, 2.24) is 14.8 Å². The quantitative estimate of drug-likeness (QED) is 0.698. The zero-order chi connectivity index (χ0) is 20.5. The van der Waals surface area contributed by atoms with Crippen molar-refractivity contribution in [1.29, 1.82) is 0 Å². The van der Waals surface area contributed by atoms with Crippen LogP contribution in [0.3, 0.4) is 0 Å². The van der Waals surface area contributed by atoms with Crippen LogP contribution in [0.5, 0.6) is 5.75 Å². The van der Waals surface area contributed by atoms with Crippen molar-refractivity contribution in [2.45, 2.75) is 32.2 Å². The molecular weight excluding hydrogens is 413 g/mol. The number of morpholine rings is 1. The number of aromatic hydroxyl groups is 1. The number of hydrogen-bond donors (Lipinski definition) is 2. The van der Waals surface area contributed by atoms with Crippen LogP contribution in [0.25, 0.3) is 10.9 Å². The summed E-state index contributed by atoms with van der Waals surface area (Å²) in [4.78, 5) is 28.1. The topological polar surface area (TPSA) is 83.8 Å². The molecular formula is C21H27ClFN3O4. The first kappa shape index (κ1) is 22.5. The Hall–Kier alpha value is -2.16. The molecule has 0 spiro atoms. The minimum Gasteiger partial charge on any atom is -0.506 e. The Morgan fingerprint density at radius 1 is 1.33 bits per heavy atom. The SMILES string of the molecule is CC1CCc2cc(F)cc3c(O)c(C(=O)NCCCN4CCOCC4)c(=O)n1c23.Cl. The summed E-state index contributed by atoms with van der Waals surface area (Å²) in [7, 11) is 0. The molecule has 1 aromatic heterocycles. The smallest absolute Gasteiger partial charge is 0.267 e. The number of nitrogens with zero attached hydrogens (tertiary/aromatic N) is 2. The van der Waals surface area contributed by atoms with E-state index >= 15 is 0 Å². The zero-order valence-electron chi connectivity index (χ0n) is 16.9. The van der Waals surface area contributed by atoms with E-state index in [-0.39, 0.29) is 29.4 Å². The van der Waals surface area contributed by atoms with E-state index in [1.807, 2.05) is 6.92 Å². The van der Waals surface area contributed by atoms with Gasteiger partial charge in [-0.05, 0) is 50.4 Å².